The van der Waals surface area contributed by atoms with Crippen LogP contribution in [-0.4, -0.2) is 51.6 Å². The molecule has 0 radical (unpaired) electrons. The van der Waals surface area contributed by atoms with Gasteiger partial charge in [-0.3, -0.25) is 0 Å². The molecule has 0 aromatic rings. The molecule has 9 heavy (non-hydrogen) atoms. The standard InChI is InChI=1S/C6H18N2O/c1-7(2,3)9-8(4,5)6/h1-6H3/q+2. The summed E-state index contributed by atoms with van der Waals surface area (Å²) in [5.41, 5.74) is 0. The smallest absolute Gasteiger partial charge is 0.104 e. The zero-order chi connectivity index (χ0) is 7.71. The number of hydrogen-bond acceptors (Lipinski definition) is 1. The second-order valence-corrected chi connectivity index (χ2v) is 3.86. The van der Waals surface area contributed by atoms with Crippen molar-refractivity contribution in [1.29, 1.82) is 0 Å². The molecule has 3 heteroatoms. The minimum absolute atomic E-state index is 0.531. The fourth-order valence-corrected chi connectivity index (χ4v) is 0.735. The van der Waals surface area contributed by atoms with Crippen molar-refractivity contribution in [2.24, 2.45) is 0 Å². The number of hydrogen-bond donors (Lipinski definition) is 0. The van der Waals surface area contributed by atoms with E-state index in [-0.39, 0.29) is 0 Å². The average molecular weight is 134 g/mol. The molecule has 0 saturated heterocycles. The lowest BCUT2D eigenvalue weighted by molar-refractivity contribution is -1.31. The van der Waals surface area contributed by atoms with Gasteiger partial charge in [0.15, 0.2) is 0 Å². The highest BCUT2D eigenvalue weighted by molar-refractivity contribution is 3.82. The first-order valence-electron chi connectivity index (χ1n) is 3.05. The minimum Gasteiger partial charge on any atom is -0.135 e. The van der Waals surface area contributed by atoms with Gasteiger partial charge in [0.1, 0.15) is 42.3 Å². The minimum atomic E-state index is 0.531. The third kappa shape index (κ3) is 7.88. The van der Waals surface area contributed by atoms with Crippen LogP contribution >= 0.6 is 0 Å². The predicted molar refractivity (Wildman–Crippen MR) is 37.1 cm³/mol. The maximum absolute atomic E-state index is 5.50. The summed E-state index contributed by atoms with van der Waals surface area (Å²) in [5.74, 6) is 0. The number of quaternary nitrogens is 2. The molecule has 0 atom stereocenters. The largest absolute Gasteiger partial charge is 0.135 e. The van der Waals surface area contributed by atoms with Gasteiger partial charge < -0.3 is 0 Å². The number of hydroxylamine groups is 6. The molecule has 0 N–H and O–H groups in total. The van der Waals surface area contributed by atoms with Crippen LogP contribution in [0, 0.1) is 0 Å². The van der Waals surface area contributed by atoms with Gasteiger partial charge in [-0.05, 0) is 4.94 Å². The SMILES string of the molecule is C[N+](C)(C)O[N+](C)(C)C. The summed E-state index contributed by atoms with van der Waals surface area (Å²) in [5, 5.41) is 0. The molecule has 0 bridgehead atoms. The molecule has 0 fully saturated rings. The van der Waals surface area contributed by atoms with Gasteiger partial charge >= 0.3 is 0 Å². The van der Waals surface area contributed by atoms with E-state index in [0.717, 1.165) is 0 Å². The number of rotatable bonds is 2. The van der Waals surface area contributed by atoms with Gasteiger partial charge in [0, 0.05) is 0 Å². The fourth-order valence-electron chi connectivity index (χ4n) is 0.735. The third-order valence-corrected chi connectivity index (χ3v) is 0.490. The maximum atomic E-state index is 5.50. The quantitative estimate of drug-likeness (QED) is 0.388. The number of nitrogens with zero attached hydrogens (tertiary/aromatic N) is 2. The van der Waals surface area contributed by atoms with Crippen molar-refractivity contribution in [2.45, 2.75) is 0 Å². The predicted octanol–water partition coefficient (Wildman–Crippen LogP) is 0.245. The Morgan fingerprint density at radius 2 is 0.889 bits per heavy atom. The lowest BCUT2D eigenvalue weighted by atomic mass is 10.9. The Hall–Kier alpha value is -0.120. The molecule has 0 aliphatic heterocycles. The van der Waals surface area contributed by atoms with E-state index in [2.05, 4.69) is 0 Å². The van der Waals surface area contributed by atoms with Gasteiger partial charge in [0.25, 0.3) is 0 Å². The lowest BCUT2D eigenvalue weighted by Gasteiger charge is -2.27. The fraction of sp³-hybridized carbons (Fsp3) is 1.00. The summed E-state index contributed by atoms with van der Waals surface area (Å²) >= 11 is 0. The molecule has 0 unspecified atom stereocenters. The zero-order valence-corrected chi connectivity index (χ0v) is 7.30. The molecular formula is C6H18N2O+2. The van der Waals surface area contributed by atoms with Crippen LogP contribution in [0.15, 0.2) is 0 Å². The van der Waals surface area contributed by atoms with E-state index >= 15 is 0 Å². The van der Waals surface area contributed by atoms with E-state index in [9.17, 15) is 0 Å². The van der Waals surface area contributed by atoms with E-state index in [0.29, 0.717) is 9.29 Å². The van der Waals surface area contributed by atoms with E-state index < -0.39 is 0 Å². The summed E-state index contributed by atoms with van der Waals surface area (Å²) in [4.78, 5) is 5.50. The molecule has 0 aromatic carbocycles. The van der Waals surface area contributed by atoms with Crippen LogP contribution in [-0.2, 0) is 4.94 Å². The van der Waals surface area contributed by atoms with Crippen LogP contribution in [0.25, 0.3) is 0 Å². The van der Waals surface area contributed by atoms with Crippen molar-refractivity contribution in [3.8, 4) is 0 Å². The first-order valence-corrected chi connectivity index (χ1v) is 3.05. The highest BCUT2D eigenvalue weighted by Crippen LogP contribution is 2.00. The molecule has 0 aliphatic rings. The Balaban J connectivity index is 3.75. The molecule has 0 heterocycles. The van der Waals surface area contributed by atoms with E-state index in [4.69, 9.17) is 4.94 Å². The Labute approximate surface area is 57.5 Å². The second-order valence-electron chi connectivity index (χ2n) is 3.86. The Bertz CT molecular complexity index is 76.2. The Morgan fingerprint density at radius 1 is 0.667 bits per heavy atom. The molecule has 0 aliphatic carbocycles. The van der Waals surface area contributed by atoms with Gasteiger partial charge in [-0.1, -0.05) is 0 Å². The third-order valence-electron chi connectivity index (χ3n) is 0.490. The highest BCUT2D eigenvalue weighted by atomic mass is 16.9. The normalized spacial score (nSPS) is 14.0. The van der Waals surface area contributed by atoms with E-state index in [1.165, 1.54) is 0 Å². The van der Waals surface area contributed by atoms with Crippen LogP contribution in [0.1, 0.15) is 0 Å². The topological polar surface area (TPSA) is 9.23 Å². The summed E-state index contributed by atoms with van der Waals surface area (Å²) < 4.78 is 1.06. The zero-order valence-electron chi connectivity index (χ0n) is 7.30. The van der Waals surface area contributed by atoms with Gasteiger partial charge in [-0.25, -0.2) is 0 Å². The van der Waals surface area contributed by atoms with Crippen LogP contribution in [0.4, 0.5) is 0 Å². The van der Waals surface area contributed by atoms with Crippen molar-refractivity contribution in [3.63, 3.8) is 0 Å². The van der Waals surface area contributed by atoms with Crippen LogP contribution in [0.3, 0.4) is 0 Å². The average Bonchev–Trinajstić information content (AvgIpc) is 1.14. The van der Waals surface area contributed by atoms with Crippen LogP contribution < -0.4 is 0 Å². The van der Waals surface area contributed by atoms with Crippen LogP contribution in [0.5, 0.6) is 0 Å². The Kier molecular flexibility index (Phi) is 2.22. The van der Waals surface area contributed by atoms with Crippen LogP contribution in [0.2, 0.25) is 0 Å². The first kappa shape index (κ1) is 8.88. The van der Waals surface area contributed by atoms with Crippen molar-refractivity contribution in [1.82, 2.24) is 0 Å². The summed E-state index contributed by atoms with van der Waals surface area (Å²) in [6.45, 7) is 0. The van der Waals surface area contributed by atoms with Gasteiger partial charge in [-0.2, -0.15) is 0 Å². The van der Waals surface area contributed by atoms with E-state index in [1.54, 1.807) is 0 Å². The monoisotopic (exact) mass is 134 g/mol. The summed E-state index contributed by atoms with van der Waals surface area (Å²) in [6.07, 6.45) is 0. The molecule has 3 nitrogen and oxygen atoms in total. The highest BCUT2D eigenvalue weighted by Gasteiger charge is 2.21. The van der Waals surface area contributed by atoms with Crippen molar-refractivity contribution >= 4 is 0 Å². The van der Waals surface area contributed by atoms with Gasteiger partial charge in [-0.15, -0.1) is 9.29 Å². The molecular weight excluding hydrogens is 116 g/mol. The van der Waals surface area contributed by atoms with Gasteiger partial charge in [0.05, 0.1) is 0 Å². The lowest BCUT2D eigenvalue weighted by Crippen LogP contribution is -2.48. The van der Waals surface area contributed by atoms with Gasteiger partial charge in [0.2, 0.25) is 0 Å². The summed E-state index contributed by atoms with van der Waals surface area (Å²) in [6, 6.07) is 0. The molecule has 0 rings (SSSR count). The van der Waals surface area contributed by atoms with Crippen molar-refractivity contribution in [2.75, 3.05) is 42.3 Å². The molecule has 0 aromatic heterocycles. The summed E-state index contributed by atoms with van der Waals surface area (Å²) in [7, 11) is 11.9. The molecule has 0 amide bonds. The van der Waals surface area contributed by atoms with Crippen molar-refractivity contribution in [3.05, 3.63) is 0 Å². The molecule has 0 saturated carbocycles. The van der Waals surface area contributed by atoms with Crippen molar-refractivity contribution < 1.29 is 14.2 Å². The second kappa shape index (κ2) is 2.25. The van der Waals surface area contributed by atoms with E-state index in [1.807, 2.05) is 42.3 Å². The first-order chi connectivity index (χ1) is 3.71. The maximum Gasteiger partial charge on any atom is 0.104 e. The molecule has 0 spiro atoms. The Morgan fingerprint density at radius 3 is 0.889 bits per heavy atom. The molecule has 56 valence electrons.